The minimum atomic E-state index is -0.474. The maximum absolute atomic E-state index is 12.6. The van der Waals surface area contributed by atoms with Crippen LogP contribution in [-0.4, -0.2) is 18.4 Å². The van der Waals surface area contributed by atoms with Gasteiger partial charge in [0.15, 0.2) is 0 Å². The molecule has 0 spiro atoms. The summed E-state index contributed by atoms with van der Waals surface area (Å²) in [5.74, 6) is 3.56. The fourth-order valence-corrected chi connectivity index (χ4v) is 6.56. The van der Waals surface area contributed by atoms with E-state index in [4.69, 9.17) is 4.74 Å². The second kappa shape index (κ2) is 11.5. The van der Waals surface area contributed by atoms with Crippen molar-refractivity contribution in [1.82, 2.24) is 0 Å². The van der Waals surface area contributed by atoms with Crippen LogP contribution in [0.3, 0.4) is 0 Å². The number of unbranched alkanes of at least 4 members (excludes halogenated alkanes) is 1. The number of Topliss-reactive ketones (excluding diaryl/α,β-unsaturated/α-hetero) is 1. The van der Waals surface area contributed by atoms with Gasteiger partial charge in [-0.25, -0.2) is 0 Å². The molecule has 2 atom stereocenters. The van der Waals surface area contributed by atoms with Gasteiger partial charge in [0.05, 0.1) is 6.61 Å². The molecule has 0 saturated heterocycles. The molecular weight excluding hydrogens is 360 g/mol. The van der Waals surface area contributed by atoms with E-state index >= 15 is 0 Å². The molecule has 0 aromatic rings. The van der Waals surface area contributed by atoms with Crippen LogP contribution in [-0.2, 0) is 14.3 Å². The van der Waals surface area contributed by atoms with E-state index in [1.165, 1.54) is 64.2 Å². The van der Waals surface area contributed by atoms with Crippen LogP contribution in [0.25, 0.3) is 0 Å². The van der Waals surface area contributed by atoms with Crippen LogP contribution in [0.2, 0.25) is 0 Å². The van der Waals surface area contributed by atoms with E-state index in [0.717, 1.165) is 43.4 Å². The van der Waals surface area contributed by atoms with Gasteiger partial charge < -0.3 is 4.74 Å². The molecule has 0 aromatic carbocycles. The number of ketones is 1. The third-order valence-electron chi connectivity index (χ3n) is 8.44. The standard InChI is InChI=1S/C26H44O3/c1-3-5-17-29-26(28)24-16-15-23(18-25(24)27)22-13-11-21(12-14-22)20-9-7-19(6-4-2)8-10-20/h19-24H,3-18H2,1-2H3/t19-,20-,21-,22-,23?,24?. The predicted molar refractivity (Wildman–Crippen MR) is 118 cm³/mol. The zero-order valence-electron chi connectivity index (χ0n) is 19.0. The highest BCUT2D eigenvalue weighted by Crippen LogP contribution is 2.45. The molecule has 3 saturated carbocycles. The Bertz CT molecular complexity index is 512. The van der Waals surface area contributed by atoms with Crippen LogP contribution in [0.4, 0.5) is 0 Å². The maximum atomic E-state index is 12.6. The first-order chi connectivity index (χ1) is 14.1. The van der Waals surface area contributed by atoms with Crippen molar-refractivity contribution in [3.63, 3.8) is 0 Å². The molecule has 0 amide bonds. The molecule has 3 aliphatic carbocycles. The number of hydrogen-bond donors (Lipinski definition) is 0. The first-order valence-electron chi connectivity index (χ1n) is 12.8. The SMILES string of the molecule is CCCCOC(=O)C1CCC([C@H]2CC[C@H]([C@H]3CC[C@H](CCC)CC3)CC2)CC1=O. The van der Waals surface area contributed by atoms with Crippen LogP contribution in [0, 0.1) is 35.5 Å². The number of carbonyl (C=O) groups is 2. The molecule has 0 N–H and O–H groups in total. The Hall–Kier alpha value is -0.860. The molecule has 2 unspecified atom stereocenters. The molecule has 0 bridgehead atoms. The lowest BCUT2D eigenvalue weighted by atomic mass is 9.64. The summed E-state index contributed by atoms with van der Waals surface area (Å²) < 4.78 is 5.32. The second-order valence-corrected chi connectivity index (χ2v) is 10.3. The summed E-state index contributed by atoms with van der Waals surface area (Å²) in [7, 11) is 0. The van der Waals surface area contributed by atoms with Crippen LogP contribution in [0.15, 0.2) is 0 Å². The van der Waals surface area contributed by atoms with Crippen LogP contribution in [0.5, 0.6) is 0 Å². The molecule has 166 valence electrons. The molecule has 0 aliphatic heterocycles. The zero-order valence-corrected chi connectivity index (χ0v) is 19.0. The minimum absolute atomic E-state index is 0.152. The fourth-order valence-electron chi connectivity index (χ4n) is 6.56. The highest BCUT2D eigenvalue weighted by atomic mass is 16.5. The summed E-state index contributed by atoms with van der Waals surface area (Å²) in [6.07, 6.45) is 18.3. The summed E-state index contributed by atoms with van der Waals surface area (Å²) in [6.45, 7) is 4.87. The highest BCUT2D eigenvalue weighted by Gasteiger charge is 2.39. The average molecular weight is 405 g/mol. The fraction of sp³-hybridized carbons (Fsp3) is 0.923. The summed E-state index contributed by atoms with van der Waals surface area (Å²) in [4.78, 5) is 24.8. The molecule has 0 aromatic heterocycles. The van der Waals surface area contributed by atoms with Gasteiger partial charge in [-0.1, -0.05) is 46.0 Å². The minimum Gasteiger partial charge on any atom is -0.465 e. The first-order valence-corrected chi connectivity index (χ1v) is 12.8. The molecule has 3 aliphatic rings. The predicted octanol–water partition coefficient (Wildman–Crippen LogP) is 6.73. The summed E-state index contributed by atoms with van der Waals surface area (Å²) >= 11 is 0. The molecule has 0 radical (unpaired) electrons. The Morgan fingerprint density at radius 1 is 0.793 bits per heavy atom. The van der Waals surface area contributed by atoms with E-state index in [9.17, 15) is 9.59 Å². The maximum Gasteiger partial charge on any atom is 0.316 e. The Labute approximate surface area is 178 Å². The van der Waals surface area contributed by atoms with E-state index in [2.05, 4.69) is 13.8 Å². The first kappa shape index (κ1) is 22.8. The zero-order chi connectivity index (χ0) is 20.6. The van der Waals surface area contributed by atoms with Gasteiger partial charge in [0.1, 0.15) is 11.7 Å². The Kier molecular flexibility index (Phi) is 9.06. The van der Waals surface area contributed by atoms with E-state index in [0.29, 0.717) is 24.9 Å². The van der Waals surface area contributed by atoms with Crippen molar-refractivity contribution in [3.05, 3.63) is 0 Å². The molecule has 29 heavy (non-hydrogen) atoms. The van der Waals surface area contributed by atoms with Crippen molar-refractivity contribution < 1.29 is 14.3 Å². The number of carbonyl (C=O) groups excluding carboxylic acids is 2. The Balaban J connectivity index is 1.38. The Morgan fingerprint density at radius 3 is 1.90 bits per heavy atom. The van der Waals surface area contributed by atoms with Crippen LogP contribution < -0.4 is 0 Å². The van der Waals surface area contributed by atoms with Gasteiger partial charge in [0.25, 0.3) is 0 Å². The van der Waals surface area contributed by atoms with Crippen LogP contribution >= 0.6 is 0 Å². The van der Waals surface area contributed by atoms with Crippen molar-refractivity contribution in [1.29, 1.82) is 0 Å². The smallest absolute Gasteiger partial charge is 0.316 e. The summed E-state index contributed by atoms with van der Waals surface area (Å²) in [5, 5.41) is 0. The molecule has 3 nitrogen and oxygen atoms in total. The van der Waals surface area contributed by atoms with Crippen molar-refractivity contribution in [2.24, 2.45) is 35.5 Å². The van der Waals surface area contributed by atoms with Gasteiger partial charge in [-0.15, -0.1) is 0 Å². The van der Waals surface area contributed by atoms with Crippen molar-refractivity contribution >= 4 is 11.8 Å². The largest absolute Gasteiger partial charge is 0.465 e. The third-order valence-corrected chi connectivity index (χ3v) is 8.44. The van der Waals surface area contributed by atoms with Crippen molar-refractivity contribution in [3.8, 4) is 0 Å². The lowest BCUT2D eigenvalue weighted by Crippen LogP contribution is -2.36. The topological polar surface area (TPSA) is 43.4 Å². The number of rotatable bonds is 8. The molecule has 3 fully saturated rings. The van der Waals surface area contributed by atoms with E-state index in [-0.39, 0.29) is 11.8 Å². The van der Waals surface area contributed by atoms with Gasteiger partial charge >= 0.3 is 5.97 Å². The van der Waals surface area contributed by atoms with E-state index < -0.39 is 5.92 Å². The average Bonchev–Trinajstić information content (AvgIpc) is 2.75. The Morgan fingerprint density at radius 2 is 1.34 bits per heavy atom. The monoisotopic (exact) mass is 404 g/mol. The lowest BCUT2D eigenvalue weighted by molar-refractivity contribution is -0.154. The van der Waals surface area contributed by atoms with Gasteiger partial charge in [0.2, 0.25) is 0 Å². The van der Waals surface area contributed by atoms with E-state index in [1.807, 2.05) is 0 Å². The quantitative estimate of drug-likeness (QED) is 0.256. The third kappa shape index (κ3) is 6.31. The van der Waals surface area contributed by atoms with Crippen molar-refractivity contribution in [2.45, 2.75) is 110 Å². The van der Waals surface area contributed by atoms with Crippen LogP contribution in [0.1, 0.15) is 110 Å². The number of hydrogen-bond acceptors (Lipinski definition) is 3. The van der Waals surface area contributed by atoms with Gasteiger partial charge in [-0.3, -0.25) is 9.59 Å². The molecule has 3 heteroatoms. The summed E-state index contributed by atoms with van der Waals surface area (Å²) in [6, 6.07) is 0. The number of esters is 1. The summed E-state index contributed by atoms with van der Waals surface area (Å²) in [5.41, 5.74) is 0. The van der Waals surface area contributed by atoms with Gasteiger partial charge in [-0.2, -0.15) is 0 Å². The van der Waals surface area contributed by atoms with Crippen molar-refractivity contribution in [2.75, 3.05) is 6.61 Å². The normalized spacial score (nSPS) is 36.0. The molecular formula is C26H44O3. The second-order valence-electron chi connectivity index (χ2n) is 10.3. The number of ether oxygens (including phenoxy) is 1. The lowest BCUT2D eigenvalue weighted by Gasteiger charge is -2.41. The van der Waals surface area contributed by atoms with E-state index in [1.54, 1.807) is 0 Å². The van der Waals surface area contributed by atoms with Gasteiger partial charge in [0, 0.05) is 6.42 Å². The highest BCUT2D eigenvalue weighted by molar-refractivity contribution is 5.99. The van der Waals surface area contributed by atoms with Gasteiger partial charge in [-0.05, 0) is 87.4 Å². The molecule has 3 rings (SSSR count). The molecule has 0 heterocycles.